The lowest BCUT2D eigenvalue weighted by Gasteiger charge is -2.35. The lowest BCUT2D eigenvalue weighted by Crippen LogP contribution is -2.40. The molecule has 3 heterocycles. The van der Waals surface area contributed by atoms with Gasteiger partial charge < -0.3 is 13.9 Å². The predicted octanol–water partition coefficient (Wildman–Crippen LogP) is 4.63. The van der Waals surface area contributed by atoms with Crippen molar-refractivity contribution in [2.75, 3.05) is 39.9 Å². The van der Waals surface area contributed by atoms with E-state index in [1.54, 1.807) is 7.11 Å². The van der Waals surface area contributed by atoms with Crippen LogP contribution in [0, 0.1) is 12.8 Å². The molecule has 2 fully saturated rings. The molecule has 5 heteroatoms. The largest absolute Gasteiger partial charge is 0.462 e. The van der Waals surface area contributed by atoms with E-state index in [1.807, 2.05) is 6.07 Å². The van der Waals surface area contributed by atoms with Crippen molar-refractivity contribution in [2.24, 2.45) is 5.92 Å². The Kier molecular flexibility index (Phi) is 8.20. The molecule has 1 aromatic carbocycles. The Balaban J connectivity index is 1.30. The molecule has 1 unspecified atom stereocenters. The van der Waals surface area contributed by atoms with Crippen LogP contribution in [0.4, 0.5) is 0 Å². The van der Waals surface area contributed by atoms with Crippen molar-refractivity contribution in [1.82, 2.24) is 9.80 Å². The van der Waals surface area contributed by atoms with E-state index in [0.717, 1.165) is 50.2 Å². The quantitative estimate of drug-likeness (QED) is 0.554. The number of rotatable bonds is 10. The third-order valence-corrected chi connectivity index (χ3v) is 6.75. The monoisotopic (exact) mass is 426 g/mol. The highest BCUT2D eigenvalue weighted by Gasteiger charge is 2.25. The van der Waals surface area contributed by atoms with E-state index in [0.29, 0.717) is 12.7 Å². The fraction of sp³-hybridized carbons (Fsp3) is 0.615. The summed E-state index contributed by atoms with van der Waals surface area (Å²) in [6.07, 6.45) is 5.27. The zero-order valence-corrected chi connectivity index (χ0v) is 19.2. The number of hydrogen-bond acceptors (Lipinski definition) is 5. The van der Waals surface area contributed by atoms with Gasteiger partial charge >= 0.3 is 0 Å². The Bertz CT molecular complexity index is 791. The van der Waals surface area contributed by atoms with Crippen molar-refractivity contribution in [3.63, 3.8) is 0 Å². The van der Waals surface area contributed by atoms with Crippen LogP contribution in [0.3, 0.4) is 0 Å². The maximum Gasteiger partial charge on any atom is 0.129 e. The Morgan fingerprint density at radius 3 is 2.58 bits per heavy atom. The summed E-state index contributed by atoms with van der Waals surface area (Å²) in [7, 11) is 1.71. The molecule has 170 valence electrons. The van der Waals surface area contributed by atoms with Crippen LogP contribution in [-0.4, -0.2) is 55.8 Å². The Morgan fingerprint density at radius 1 is 1.03 bits per heavy atom. The van der Waals surface area contributed by atoms with Crippen LogP contribution in [0.15, 0.2) is 40.8 Å². The molecule has 31 heavy (non-hydrogen) atoms. The second-order valence-electron chi connectivity index (χ2n) is 9.28. The van der Waals surface area contributed by atoms with Crippen LogP contribution in [0.5, 0.6) is 0 Å². The van der Waals surface area contributed by atoms with Gasteiger partial charge in [-0.2, -0.15) is 0 Å². The summed E-state index contributed by atoms with van der Waals surface area (Å²) < 4.78 is 17.1. The minimum atomic E-state index is 0.370. The lowest BCUT2D eigenvalue weighted by molar-refractivity contribution is 0.0539. The zero-order chi connectivity index (χ0) is 21.5. The zero-order valence-electron chi connectivity index (χ0n) is 19.2. The van der Waals surface area contributed by atoms with Crippen molar-refractivity contribution in [3.8, 4) is 0 Å². The van der Waals surface area contributed by atoms with Crippen molar-refractivity contribution in [2.45, 2.75) is 58.4 Å². The summed E-state index contributed by atoms with van der Waals surface area (Å²) >= 11 is 0. The summed E-state index contributed by atoms with van der Waals surface area (Å²) in [4.78, 5) is 5.18. The van der Waals surface area contributed by atoms with Crippen LogP contribution in [0.25, 0.3) is 0 Å². The average molecular weight is 427 g/mol. The van der Waals surface area contributed by atoms with Gasteiger partial charge in [0.1, 0.15) is 18.1 Å². The van der Waals surface area contributed by atoms with E-state index in [4.69, 9.17) is 13.9 Å². The van der Waals surface area contributed by atoms with Gasteiger partial charge in [0.25, 0.3) is 0 Å². The number of hydrogen-bond donors (Lipinski definition) is 0. The first-order valence-corrected chi connectivity index (χ1v) is 11.9. The number of aryl methyl sites for hydroxylation is 1. The van der Waals surface area contributed by atoms with Gasteiger partial charge in [0.2, 0.25) is 0 Å². The van der Waals surface area contributed by atoms with Crippen molar-refractivity contribution in [1.29, 1.82) is 0 Å². The van der Waals surface area contributed by atoms with Crippen molar-refractivity contribution in [3.05, 3.63) is 59.0 Å². The highest BCUT2D eigenvalue weighted by Crippen LogP contribution is 2.24. The molecular weight excluding hydrogens is 388 g/mol. The van der Waals surface area contributed by atoms with Crippen LogP contribution in [-0.2, 0) is 29.2 Å². The Morgan fingerprint density at radius 2 is 1.84 bits per heavy atom. The van der Waals surface area contributed by atoms with E-state index in [2.05, 4.69) is 47.1 Å². The smallest absolute Gasteiger partial charge is 0.129 e. The highest BCUT2D eigenvalue weighted by molar-refractivity contribution is 5.25. The first-order chi connectivity index (χ1) is 15.2. The normalized spacial score (nSPS) is 20.7. The molecule has 0 N–H and O–H groups in total. The number of likely N-dealkylation sites (tertiary alicyclic amines) is 1. The van der Waals surface area contributed by atoms with Gasteiger partial charge in [-0.1, -0.05) is 24.3 Å². The minimum absolute atomic E-state index is 0.370. The predicted molar refractivity (Wildman–Crippen MR) is 123 cm³/mol. The number of methoxy groups -OCH3 is 1. The molecule has 2 aliphatic heterocycles. The third-order valence-electron chi connectivity index (χ3n) is 6.75. The standard InChI is InChI=1S/C26H38N2O3/c1-21-6-3-4-7-23(21)17-27-13-11-22(12-14-27)16-28(18-24-8-5-15-30-24)19-25-9-10-26(31-25)20-29-2/h3-4,6-7,9-10,22,24H,5,8,11-20H2,1-2H3. The van der Waals surface area contributed by atoms with Crippen LogP contribution in [0.1, 0.15) is 48.3 Å². The van der Waals surface area contributed by atoms with Crippen molar-refractivity contribution >= 4 is 0 Å². The number of furan rings is 1. The van der Waals surface area contributed by atoms with E-state index in [9.17, 15) is 0 Å². The van der Waals surface area contributed by atoms with Gasteiger partial charge in [0.05, 0.1) is 12.6 Å². The summed E-state index contributed by atoms with van der Waals surface area (Å²) in [6.45, 7) is 10.1. The molecule has 2 saturated heterocycles. The second kappa shape index (κ2) is 11.3. The summed E-state index contributed by atoms with van der Waals surface area (Å²) in [6, 6.07) is 12.9. The molecular formula is C26H38N2O3. The molecule has 0 aliphatic carbocycles. The molecule has 0 radical (unpaired) electrons. The Labute approximate surface area is 187 Å². The molecule has 0 spiro atoms. The van der Waals surface area contributed by atoms with Gasteiger partial charge in [-0.25, -0.2) is 0 Å². The molecule has 1 aromatic heterocycles. The number of benzene rings is 1. The van der Waals surface area contributed by atoms with Gasteiger partial charge in [-0.05, 0) is 74.9 Å². The topological polar surface area (TPSA) is 38.1 Å². The lowest BCUT2D eigenvalue weighted by atomic mass is 9.95. The number of piperidine rings is 1. The van der Waals surface area contributed by atoms with Crippen molar-refractivity contribution < 1.29 is 13.9 Å². The Hall–Kier alpha value is -1.66. The number of nitrogens with zero attached hydrogens (tertiary/aromatic N) is 2. The third kappa shape index (κ3) is 6.66. The first-order valence-electron chi connectivity index (χ1n) is 11.9. The summed E-state index contributed by atoms with van der Waals surface area (Å²) in [5, 5.41) is 0. The molecule has 0 bridgehead atoms. The second-order valence-corrected chi connectivity index (χ2v) is 9.28. The fourth-order valence-electron chi connectivity index (χ4n) is 4.95. The molecule has 2 aliphatic rings. The molecule has 4 rings (SSSR count). The van der Waals surface area contributed by atoms with Gasteiger partial charge in [-0.15, -0.1) is 0 Å². The highest BCUT2D eigenvalue weighted by atomic mass is 16.5. The average Bonchev–Trinajstić information content (AvgIpc) is 3.44. The maximum atomic E-state index is 5.99. The fourth-order valence-corrected chi connectivity index (χ4v) is 4.95. The van der Waals surface area contributed by atoms with Gasteiger partial charge in [0.15, 0.2) is 0 Å². The van der Waals surface area contributed by atoms with E-state index in [1.165, 1.54) is 49.9 Å². The first kappa shape index (κ1) is 22.5. The molecule has 0 amide bonds. The summed E-state index contributed by atoms with van der Waals surface area (Å²) in [5.41, 5.74) is 2.87. The minimum Gasteiger partial charge on any atom is -0.462 e. The molecule has 1 atom stereocenters. The van der Waals surface area contributed by atoms with Crippen LogP contribution >= 0.6 is 0 Å². The molecule has 0 saturated carbocycles. The van der Waals surface area contributed by atoms with E-state index < -0.39 is 0 Å². The van der Waals surface area contributed by atoms with Gasteiger partial charge in [0, 0.05) is 33.4 Å². The van der Waals surface area contributed by atoms with Gasteiger partial charge in [-0.3, -0.25) is 9.80 Å². The summed E-state index contributed by atoms with van der Waals surface area (Å²) in [5.74, 6) is 2.67. The molecule has 5 nitrogen and oxygen atoms in total. The van der Waals surface area contributed by atoms with Crippen LogP contribution < -0.4 is 0 Å². The molecule has 2 aromatic rings. The van der Waals surface area contributed by atoms with E-state index >= 15 is 0 Å². The maximum absolute atomic E-state index is 5.99. The van der Waals surface area contributed by atoms with E-state index in [-0.39, 0.29) is 0 Å². The SMILES string of the molecule is COCc1ccc(CN(CC2CCN(Cc3ccccc3C)CC2)CC2CCCO2)o1. The number of ether oxygens (including phenoxy) is 2. The van der Waals surface area contributed by atoms with Crippen LogP contribution in [0.2, 0.25) is 0 Å².